The maximum atomic E-state index is 13.1. The van der Waals surface area contributed by atoms with Crippen molar-refractivity contribution in [2.75, 3.05) is 13.1 Å². The van der Waals surface area contributed by atoms with Crippen LogP contribution in [0, 0.1) is 0 Å². The van der Waals surface area contributed by atoms with E-state index < -0.39 is 0 Å². The molecule has 1 aliphatic heterocycles. The Bertz CT molecular complexity index is 714. The second-order valence-electron chi connectivity index (χ2n) is 7.38. The fraction of sp³-hybridized carbons (Fsp3) is 0.600. The standard InChI is InChI=1S/C20H29N5O2.ClH/c1-15(2)20-23-18(27-24-20)8-9-19(26)25(14-16-6-3-4-12-22-16)17-7-5-11-21-13-10-17;/h3-4,6,12,15,17,21H,5,7-11,13-14H2,1-2H3;1H. The highest BCUT2D eigenvalue weighted by molar-refractivity contribution is 5.85. The first-order valence-corrected chi connectivity index (χ1v) is 9.86. The van der Waals surface area contributed by atoms with Crippen LogP contribution in [0.4, 0.5) is 0 Å². The van der Waals surface area contributed by atoms with E-state index in [9.17, 15) is 4.79 Å². The van der Waals surface area contributed by atoms with Crippen LogP contribution >= 0.6 is 12.4 Å². The predicted molar refractivity (Wildman–Crippen MR) is 109 cm³/mol. The number of nitrogens with one attached hydrogen (secondary N) is 1. The molecule has 1 amide bonds. The number of pyridine rings is 1. The van der Waals surface area contributed by atoms with E-state index in [1.807, 2.05) is 36.9 Å². The summed E-state index contributed by atoms with van der Waals surface area (Å²) >= 11 is 0. The van der Waals surface area contributed by atoms with E-state index in [-0.39, 0.29) is 30.3 Å². The summed E-state index contributed by atoms with van der Waals surface area (Å²) in [6.07, 6.45) is 5.69. The van der Waals surface area contributed by atoms with Gasteiger partial charge in [0, 0.05) is 31.0 Å². The summed E-state index contributed by atoms with van der Waals surface area (Å²) in [6, 6.07) is 6.07. The molecule has 0 saturated carbocycles. The SMILES string of the molecule is CC(C)c1noc(CCC(=O)N(Cc2ccccn2)C2CCCNCC2)n1.Cl. The van der Waals surface area contributed by atoms with Gasteiger partial charge in [-0.25, -0.2) is 0 Å². The first-order chi connectivity index (χ1) is 13.1. The van der Waals surface area contributed by atoms with Crippen LogP contribution in [0.2, 0.25) is 0 Å². The summed E-state index contributed by atoms with van der Waals surface area (Å²) in [6.45, 7) is 6.55. The van der Waals surface area contributed by atoms with Gasteiger partial charge in [-0.1, -0.05) is 25.1 Å². The Balaban J connectivity index is 0.00000280. The quantitative estimate of drug-likeness (QED) is 0.759. The van der Waals surface area contributed by atoms with E-state index in [1.165, 1.54) is 0 Å². The molecule has 7 nitrogen and oxygen atoms in total. The number of nitrogens with zero attached hydrogens (tertiary/aromatic N) is 4. The third-order valence-electron chi connectivity index (χ3n) is 4.92. The van der Waals surface area contributed by atoms with Crippen molar-refractivity contribution in [3.05, 3.63) is 41.8 Å². The number of carbonyl (C=O) groups is 1. The third kappa shape index (κ3) is 6.27. The largest absolute Gasteiger partial charge is 0.339 e. The molecule has 1 saturated heterocycles. The minimum Gasteiger partial charge on any atom is -0.339 e. The van der Waals surface area contributed by atoms with Crippen molar-refractivity contribution < 1.29 is 9.32 Å². The number of aryl methyl sites for hydroxylation is 1. The summed E-state index contributed by atoms with van der Waals surface area (Å²) in [5.41, 5.74) is 0.919. The van der Waals surface area contributed by atoms with E-state index in [0.717, 1.165) is 38.0 Å². The van der Waals surface area contributed by atoms with Crippen LogP contribution in [-0.4, -0.2) is 45.1 Å². The van der Waals surface area contributed by atoms with Crippen LogP contribution in [0.25, 0.3) is 0 Å². The van der Waals surface area contributed by atoms with Crippen LogP contribution in [0.1, 0.15) is 62.9 Å². The zero-order chi connectivity index (χ0) is 19.1. The first-order valence-electron chi connectivity index (χ1n) is 9.86. The van der Waals surface area contributed by atoms with Gasteiger partial charge in [-0.2, -0.15) is 4.98 Å². The first kappa shape index (κ1) is 22.3. The van der Waals surface area contributed by atoms with Crippen LogP contribution in [-0.2, 0) is 17.8 Å². The topological polar surface area (TPSA) is 84.2 Å². The van der Waals surface area contributed by atoms with E-state index in [2.05, 4.69) is 20.4 Å². The average molecular weight is 408 g/mol. The normalized spacial score (nSPS) is 17.0. The molecule has 0 radical (unpaired) electrons. The number of aromatic nitrogens is 3. The second-order valence-corrected chi connectivity index (χ2v) is 7.38. The van der Waals surface area contributed by atoms with Gasteiger partial charge in [0.1, 0.15) is 0 Å². The summed E-state index contributed by atoms with van der Waals surface area (Å²) in [5, 5.41) is 7.40. The smallest absolute Gasteiger partial charge is 0.227 e. The molecule has 0 aliphatic carbocycles. The predicted octanol–water partition coefficient (Wildman–Crippen LogP) is 3.11. The molecule has 1 N–H and O–H groups in total. The summed E-state index contributed by atoms with van der Waals surface area (Å²) < 4.78 is 5.29. The monoisotopic (exact) mass is 407 g/mol. The Kier molecular flexibility index (Phi) is 8.86. The summed E-state index contributed by atoms with van der Waals surface area (Å²) in [4.78, 5) is 23.8. The molecule has 3 rings (SSSR count). The fourth-order valence-electron chi connectivity index (χ4n) is 3.36. The van der Waals surface area contributed by atoms with Gasteiger partial charge in [-0.15, -0.1) is 12.4 Å². The molecule has 0 aromatic carbocycles. The van der Waals surface area contributed by atoms with Crippen LogP contribution in [0.5, 0.6) is 0 Å². The van der Waals surface area contributed by atoms with Crippen LogP contribution in [0.3, 0.4) is 0 Å². The lowest BCUT2D eigenvalue weighted by atomic mass is 10.1. The van der Waals surface area contributed by atoms with Gasteiger partial charge < -0.3 is 14.7 Å². The second kappa shape index (κ2) is 11.1. The molecule has 28 heavy (non-hydrogen) atoms. The molecule has 3 heterocycles. The molecular formula is C20H30ClN5O2. The molecule has 1 unspecified atom stereocenters. The van der Waals surface area contributed by atoms with Gasteiger partial charge in [0.15, 0.2) is 5.82 Å². The van der Waals surface area contributed by atoms with Gasteiger partial charge in [0.25, 0.3) is 0 Å². The van der Waals surface area contributed by atoms with Crippen molar-refractivity contribution >= 4 is 18.3 Å². The van der Waals surface area contributed by atoms with Gasteiger partial charge >= 0.3 is 0 Å². The van der Waals surface area contributed by atoms with Crippen molar-refractivity contribution in [1.29, 1.82) is 0 Å². The molecule has 154 valence electrons. The lowest BCUT2D eigenvalue weighted by molar-refractivity contribution is -0.134. The molecular weight excluding hydrogens is 378 g/mol. The van der Waals surface area contributed by atoms with Crippen molar-refractivity contribution in [2.24, 2.45) is 0 Å². The lowest BCUT2D eigenvalue weighted by Gasteiger charge is -2.31. The maximum absolute atomic E-state index is 13.1. The highest BCUT2D eigenvalue weighted by Crippen LogP contribution is 2.18. The highest BCUT2D eigenvalue weighted by Gasteiger charge is 2.25. The lowest BCUT2D eigenvalue weighted by Crippen LogP contribution is -2.40. The molecule has 0 bridgehead atoms. The molecule has 1 atom stereocenters. The van der Waals surface area contributed by atoms with E-state index in [1.54, 1.807) is 6.20 Å². The Labute approximate surface area is 172 Å². The molecule has 0 spiro atoms. The molecule has 2 aromatic rings. The highest BCUT2D eigenvalue weighted by atomic mass is 35.5. The molecule has 8 heteroatoms. The zero-order valence-electron chi connectivity index (χ0n) is 16.6. The van der Waals surface area contributed by atoms with Gasteiger partial charge in [-0.05, 0) is 44.5 Å². The number of amides is 1. The van der Waals surface area contributed by atoms with Crippen LogP contribution < -0.4 is 5.32 Å². The number of hydrogen-bond donors (Lipinski definition) is 1. The van der Waals surface area contributed by atoms with Crippen molar-refractivity contribution in [3.8, 4) is 0 Å². The Morgan fingerprint density at radius 3 is 2.89 bits per heavy atom. The minimum atomic E-state index is 0. The number of rotatable bonds is 7. The van der Waals surface area contributed by atoms with Gasteiger partial charge in [0.05, 0.1) is 12.2 Å². The van der Waals surface area contributed by atoms with Crippen molar-refractivity contribution in [2.45, 2.75) is 64.5 Å². The van der Waals surface area contributed by atoms with Crippen LogP contribution in [0.15, 0.2) is 28.9 Å². The minimum absolute atomic E-state index is 0. The molecule has 2 aromatic heterocycles. The summed E-state index contributed by atoms with van der Waals surface area (Å²) in [7, 11) is 0. The van der Waals surface area contributed by atoms with Gasteiger partial charge in [-0.3, -0.25) is 9.78 Å². The fourth-order valence-corrected chi connectivity index (χ4v) is 3.36. The Hall–Kier alpha value is -1.99. The molecule has 1 fully saturated rings. The number of halogens is 1. The van der Waals surface area contributed by atoms with E-state index >= 15 is 0 Å². The van der Waals surface area contributed by atoms with Gasteiger partial charge in [0.2, 0.25) is 11.8 Å². The van der Waals surface area contributed by atoms with Crippen molar-refractivity contribution in [1.82, 2.24) is 25.3 Å². The summed E-state index contributed by atoms with van der Waals surface area (Å²) in [5.74, 6) is 1.57. The number of carbonyl (C=O) groups excluding carboxylic acids is 1. The Morgan fingerprint density at radius 1 is 1.32 bits per heavy atom. The Morgan fingerprint density at radius 2 is 2.18 bits per heavy atom. The zero-order valence-corrected chi connectivity index (χ0v) is 17.5. The number of hydrogen-bond acceptors (Lipinski definition) is 6. The maximum Gasteiger partial charge on any atom is 0.227 e. The molecule has 1 aliphatic rings. The van der Waals surface area contributed by atoms with E-state index in [4.69, 9.17) is 4.52 Å². The average Bonchev–Trinajstić information content (AvgIpc) is 3.00. The van der Waals surface area contributed by atoms with E-state index in [0.29, 0.717) is 31.1 Å². The van der Waals surface area contributed by atoms with Crippen molar-refractivity contribution in [3.63, 3.8) is 0 Å². The third-order valence-corrected chi connectivity index (χ3v) is 4.92.